The first-order chi connectivity index (χ1) is 6.29. The van der Waals surface area contributed by atoms with Gasteiger partial charge in [-0.3, -0.25) is 4.79 Å². The molecule has 1 unspecified atom stereocenters. The Hall–Kier alpha value is -0.810. The SMILES string of the molecule is CC#CCCC(=O)C(OC)C1CC1. The third-order valence-electron chi connectivity index (χ3n) is 2.29. The van der Waals surface area contributed by atoms with Crippen LogP contribution in [0.2, 0.25) is 0 Å². The molecule has 13 heavy (non-hydrogen) atoms. The Bertz CT molecular complexity index is 230. The van der Waals surface area contributed by atoms with Crippen molar-refractivity contribution in [2.24, 2.45) is 5.92 Å². The Morgan fingerprint density at radius 3 is 2.77 bits per heavy atom. The molecule has 1 fully saturated rings. The van der Waals surface area contributed by atoms with Crippen LogP contribution in [0.4, 0.5) is 0 Å². The van der Waals surface area contributed by atoms with E-state index in [2.05, 4.69) is 11.8 Å². The van der Waals surface area contributed by atoms with Crippen LogP contribution in [-0.2, 0) is 9.53 Å². The summed E-state index contributed by atoms with van der Waals surface area (Å²) >= 11 is 0. The molecule has 2 heteroatoms. The van der Waals surface area contributed by atoms with E-state index in [0.29, 0.717) is 18.8 Å². The molecule has 1 saturated carbocycles. The Morgan fingerprint density at radius 2 is 2.31 bits per heavy atom. The third kappa shape index (κ3) is 3.20. The summed E-state index contributed by atoms with van der Waals surface area (Å²) < 4.78 is 5.17. The van der Waals surface area contributed by atoms with Gasteiger partial charge in [-0.1, -0.05) is 0 Å². The van der Waals surface area contributed by atoms with E-state index >= 15 is 0 Å². The van der Waals surface area contributed by atoms with Crippen LogP contribution < -0.4 is 0 Å². The summed E-state index contributed by atoms with van der Waals surface area (Å²) in [5, 5.41) is 0. The van der Waals surface area contributed by atoms with Gasteiger partial charge < -0.3 is 4.74 Å². The lowest BCUT2D eigenvalue weighted by Gasteiger charge is -2.11. The molecule has 1 aliphatic rings. The van der Waals surface area contributed by atoms with Gasteiger partial charge in [0.15, 0.2) is 5.78 Å². The molecule has 0 N–H and O–H groups in total. The van der Waals surface area contributed by atoms with Crippen LogP contribution in [-0.4, -0.2) is 19.0 Å². The van der Waals surface area contributed by atoms with Gasteiger partial charge in [0.25, 0.3) is 0 Å². The van der Waals surface area contributed by atoms with Gasteiger partial charge >= 0.3 is 0 Å². The predicted octanol–water partition coefficient (Wildman–Crippen LogP) is 1.78. The highest BCUT2D eigenvalue weighted by molar-refractivity contribution is 5.83. The summed E-state index contributed by atoms with van der Waals surface area (Å²) in [4.78, 5) is 11.5. The van der Waals surface area contributed by atoms with Crippen LogP contribution in [0.25, 0.3) is 0 Å². The zero-order valence-electron chi connectivity index (χ0n) is 8.30. The smallest absolute Gasteiger partial charge is 0.162 e. The molecule has 0 saturated heterocycles. The molecule has 0 aromatic carbocycles. The number of carbonyl (C=O) groups is 1. The van der Waals surface area contributed by atoms with Crippen molar-refractivity contribution in [3.8, 4) is 11.8 Å². The summed E-state index contributed by atoms with van der Waals surface area (Å²) in [7, 11) is 1.62. The molecule has 0 bridgehead atoms. The number of rotatable bonds is 5. The molecule has 0 heterocycles. The van der Waals surface area contributed by atoms with Crippen molar-refractivity contribution in [1.82, 2.24) is 0 Å². The van der Waals surface area contributed by atoms with Crippen molar-refractivity contribution in [1.29, 1.82) is 0 Å². The highest BCUT2D eigenvalue weighted by atomic mass is 16.5. The van der Waals surface area contributed by atoms with E-state index in [4.69, 9.17) is 4.74 Å². The number of hydrogen-bond acceptors (Lipinski definition) is 2. The molecule has 0 aromatic heterocycles. The maximum atomic E-state index is 11.5. The highest BCUT2D eigenvalue weighted by Gasteiger charge is 2.35. The first-order valence-electron chi connectivity index (χ1n) is 4.74. The van der Waals surface area contributed by atoms with Crippen molar-refractivity contribution < 1.29 is 9.53 Å². The molecule has 0 aliphatic heterocycles. The Labute approximate surface area is 79.7 Å². The van der Waals surface area contributed by atoms with E-state index in [1.54, 1.807) is 14.0 Å². The van der Waals surface area contributed by atoms with Gasteiger partial charge in [-0.15, -0.1) is 11.8 Å². The van der Waals surface area contributed by atoms with E-state index < -0.39 is 0 Å². The Balaban J connectivity index is 2.29. The van der Waals surface area contributed by atoms with Gasteiger partial charge in [-0.25, -0.2) is 0 Å². The Morgan fingerprint density at radius 1 is 1.62 bits per heavy atom. The minimum atomic E-state index is -0.154. The van der Waals surface area contributed by atoms with Gasteiger partial charge in [-0.05, 0) is 25.7 Å². The van der Waals surface area contributed by atoms with Crippen LogP contribution >= 0.6 is 0 Å². The average Bonchev–Trinajstić information content (AvgIpc) is 2.90. The van der Waals surface area contributed by atoms with Gasteiger partial charge in [0, 0.05) is 20.0 Å². The van der Waals surface area contributed by atoms with Crippen molar-refractivity contribution in [2.45, 2.75) is 38.7 Å². The van der Waals surface area contributed by atoms with Crippen LogP contribution in [0.5, 0.6) is 0 Å². The first kappa shape index (κ1) is 10.3. The van der Waals surface area contributed by atoms with Crippen molar-refractivity contribution >= 4 is 5.78 Å². The van der Waals surface area contributed by atoms with E-state index in [1.165, 1.54) is 0 Å². The zero-order valence-corrected chi connectivity index (χ0v) is 8.30. The quantitative estimate of drug-likeness (QED) is 0.603. The van der Waals surface area contributed by atoms with E-state index in [1.807, 2.05) is 0 Å². The van der Waals surface area contributed by atoms with E-state index in [9.17, 15) is 4.79 Å². The molecule has 72 valence electrons. The van der Waals surface area contributed by atoms with Crippen LogP contribution in [0.1, 0.15) is 32.6 Å². The van der Waals surface area contributed by atoms with Crippen LogP contribution in [0, 0.1) is 17.8 Å². The molecule has 0 spiro atoms. The largest absolute Gasteiger partial charge is 0.373 e. The molecule has 0 radical (unpaired) electrons. The molecule has 2 nitrogen and oxygen atoms in total. The fraction of sp³-hybridized carbons (Fsp3) is 0.727. The van der Waals surface area contributed by atoms with Gasteiger partial charge in [0.05, 0.1) is 0 Å². The lowest BCUT2D eigenvalue weighted by atomic mass is 10.1. The molecule has 0 amide bonds. The van der Waals surface area contributed by atoms with Crippen LogP contribution in [0.15, 0.2) is 0 Å². The minimum absolute atomic E-state index is 0.154. The van der Waals surface area contributed by atoms with Crippen LogP contribution in [0.3, 0.4) is 0 Å². The van der Waals surface area contributed by atoms with Gasteiger partial charge in [0.2, 0.25) is 0 Å². The normalized spacial score (nSPS) is 17.4. The average molecular weight is 180 g/mol. The number of ketones is 1. The highest BCUT2D eigenvalue weighted by Crippen LogP contribution is 2.34. The number of methoxy groups -OCH3 is 1. The minimum Gasteiger partial charge on any atom is -0.373 e. The first-order valence-corrected chi connectivity index (χ1v) is 4.74. The maximum absolute atomic E-state index is 11.5. The summed E-state index contributed by atoms with van der Waals surface area (Å²) in [6.45, 7) is 1.79. The fourth-order valence-electron chi connectivity index (χ4n) is 1.44. The van der Waals surface area contributed by atoms with E-state index in [0.717, 1.165) is 12.8 Å². The number of carbonyl (C=O) groups excluding carboxylic acids is 1. The zero-order chi connectivity index (χ0) is 9.68. The second-order valence-corrected chi connectivity index (χ2v) is 3.39. The van der Waals surface area contributed by atoms with Crippen molar-refractivity contribution in [2.75, 3.05) is 7.11 Å². The molecular weight excluding hydrogens is 164 g/mol. The van der Waals surface area contributed by atoms with Crippen molar-refractivity contribution in [3.63, 3.8) is 0 Å². The summed E-state index contributed by atoms with van der Waals surface area (Å²) in [5.41, 5.74) is 0. The van der Waals surface area contributed by atoms with Crippen molar-refractivity contribution in [3.05, 3.63) is 0 Å². The molecule has 1 rings (SSSR count). The lowest BCUT2D eigenvalue weighted by Crippen LogP contribution is -2.24. The molecule has 0 aromatic rings. The second kappa shape index (κ2) is 5.04. The predicted molar refractivity (Wildman–Crippen MR) is 51.2 cm³/mol. The molecule has 1 aliphatic carbocycles. The number of ether oxygens (including phenoxy) is 1. The fourth-order valence-corrected chi connectivity index (χ4v) is 1.44. The monoisotopic (exact) mass is 180 g/mol. The standard InChI is InChI=1S/C11H16O2/c1-3-4-5-6-10(12)11(13-2)9-7-8-9/h9,11H,5-8H2,1-2H3. The number of Topliss-reactive ketones (excluding diaryl/α,β-unsaturated/α-hetero) is 1. The summed E-state index contributed by atoms with van der Waals surface area (Å²) in [5.74, 6) is 6.38. The summed E-state index contributed by atoms with van der Waals surface area (Å²) in [6.07, 6.45) is 3.34. The number of hydrogen-bond donors (Lipinski definition) is 0. The van der Waals surface area contributed by atoms with Gasteiger partial charge in [0.1, 0.15) is 6.10 Å². The van der Waals surface area contributed by atoms with E-state index in [-0.39, 0.29) is 11.9 Å². The molecular formula is C11H16O2. The summed E-state index contributed by atoms with van der Waals surface area (Å²) in [6, 6.07) is 0. The Kier molecular flexibility index (Phi) is 3.98. The second-order valence-electron chi connectivity index (χ2n) is 3.39. The van der Waals surface area contributed by atoms with Gasteiger partial charge in [-0.2, -0.15) is 0 Å². The molecule has 1 atom stereocenters. The lowest BCUT2D eigenvalue weighted by molar-refractivity contribution is -0.129. The maximum Gasteiger partial charge on any atom is 0.162 e. The topological polar surface area (TPSA) is 26.3 Å². The third-order valence-corrected chi connectivity index (χ3v) is 2.29.